The van der Waals surface area contributed by atoms with E-state index in [2.05, 4.69) is 10.2 Å². The molecule has 1 aliphatic rings. The Morgan fingerprint density at radius 2 is 1.88 bits per heavy atom. The van der Waals surface area contributed by atoms with E-state index < -0.39 is 5.97 Å². The largest absolute Gasteiger partial charge is 0.471 e. The van der Waals surface area contributed by atoms with Crippen molar-refractivity contribution in [2.45, 2.75) is 25.9 Å². The number of carbonyl (C=O) groups is 2. The van der Waals surface area contributed by atoms with Crippen LogP contribution in [0.2, 0.25) is 0 Å². The summed E-state index contributed by atoms with van der Waals surface area (Å²) in [5.74, 6) is -0.271. The molecule has 7 heteroatoms. The van der Waals surface area contributed by atoms with E-state index in [1.807, 2.05) is 13.0 Å². The SMILES string of the molecule is COC(=O)c1ccccc1C(=O)N1CCCC(Oc2ccc(C)nn2)C1. The highest BCUT2D eigenvalue weighted by Crippen LogP contribution is 2.20. The molecule has 2 aromatic rings. The van der Waals surface area contributed by atoms with Crippen LogP contribution < -0.4 is 4.74 Å². The Labute approximate surface area is 151 Å². The zero-order valence-electron chi connectivity index (χ0n) is 14.8. The van der Waals surface area contributed by atoms with E-state index in [1.165, 1.54) is 7.11 Å². The predicted octanol–water partition coefficient (Wildman–Crippen LogP) is 2.26. The van der Waals surface area contributed by atoms with Gasteiger partial charge in [0.15, 0.2) is 0 Å². The second-order valence-corrected chi connectivity index (χ2v) is 6.18. The first-order valence-electron chi connectivity index (χ1n) is 8.52. The third kappa shape index (κ3) is 3.99. The Kier molecular flexibility index (Phi) is 5.46. The van der Waals surface area contributed by atoms with Gasteiger partial charge in [0.2, 0.25) is 5.88 Å². The van der Waals surface area contributed by atoms with Crippen LogP contribution in [-0.4, -0.2) is 53.3 Å². The molecule has 1 fully saturated rings. The van der Waals surface area contributed by atoms with Crippen LogP contribution in [0.25, 0.3) is 0 Å². The van der Waals surface area contributed by atoms with Gasteiger partial charge in [-0.15, -0.1) is 5.10 Å². The quantitative estimate of drug-likeness (QED) is 0.783. The molecule has 1 aromatic heterocycles. The highest BCUT2D eigenvalue weighted by Gasteiger charge is 2.28. The van der Waals surface area contributed by atoms with Gasteiger partial charge in [0.1, 0.15) is 6.10 Å². The summed E-state index contributed by atoms with van der Waals surface area (Å²) in [6, 6.07) is 10.3. The smallest absolute Gasteiger partial charge is 0.338 e. The molecule has 0 bridgehead atoms. The lowest BCUT2D eigenvalue weighted by molar-refractivity contribution is 0.0510. The summed E-state index contributed by atoms with van der Waals surface area (Å²) in [5, 5.41) is 7.99. The summed E-state index contributed by atoms with van der Waals surface area (Å²) in [6.07, 6.45) is 1.49. The van der Waals surface area contributed by atoms with E-state index >= 15 is 0 Å². The summed E-state index contributed by atoms with van der Waals surface area (Å²) in [6.45, 7) is 2.91. The van der Waals surface area contributed by atoms with Gasteiger partial charge < -0.3 is 14.4 Å². The van der Waals surface area contributed by atoms with Crippen molar-refractivity contribution in [3.8, 4) is 5.88 Å². The van der Waals surface area contributed by atoms with E-state index in [4.69, 9.17) is 9.47 Å². The topological polar surface area (TPSA) is 81.6 Å². The first-order chi connectivity index (χ1) is 12.6. The number of carbonyl (C=O) groups excluding carboxylic acids is 2. The van der Waals surface area contributed by atoms with E-state index in [0.717, 1.165) is 18.5 Å². The molecule has 1 aliphatic heterocycles. The summed E-state index contributed by atoms with van der Waals surface area (Å²) < 4.78 is 10.6. The average molecular weight is 355 g/mol. The molecule has 0 aliphatic carbocycles. The summed E-state index contributed by atoms with van der Waals surface area (Å²) >= 11 is 0. The lowest BCUT2D eigenvalue weighted by atomic mass is 10.0. The standard InChI is InChI=1S/C19H21N3O4/c1-13-9-10-17(21-20-13)26-14-6-5-11-22(12-14)18(23)15-7-3-4-8-16(15)19(24)25-2/h3-4,7-10,14H,5-6,11-12H2,1-2H3. The Balaban J connectivity index is 1.72. The zero-order chi connectivity index (χ0) is 18.5. The molecular formula is C19H21N3O4. The minimum atomic E-state index is -0.520. The summed E-state index contributed by atoms with van der Waals surface area (Å²) in [5.41, 5.74) is 1.43. The molecule has 3 rings (SSSR count). The highest BCUT2D eigenvalue weighted by atomic mass is 16.5. The lowest BCUT2D eigenvalue weighted by Gasteiger charge is -2.32. The fourth-order valence-electron chi connectivity index (χ4n) is 2.97. The van der Waals surface area contributed by atoms with Gasteiger partial charge in [-0.05, 0) is 38.0 Å². The van der Waals surface area contributed by atoms with Gasteiger partial charge in [-0.2, -0.15) is 5.10 Å². The van der Waals surface area contributed by atoms with Gasteiger partial charge in [-0.25, -0.2) is 4.79 Å². The van der Waals surface area contributed by atoms with E-state index in [9.17, 15) is 9.59 Å². The van der Waals surface area contributed by atoms with Crippen molar-refractivity contribution in [2.75, 3.05) is 20.2 Å². The number of methoxy groups -OCH3 is 1. The number of hydrogen-bond acceptors (Lipinski definition) is 6. The lowest BCUT2D eigenvalue weighted by Crippen LogP contribution is -2.44. The maximum absolute atomic E-state index is 12.9. The van der Waals surface area contributed by atoms with Crippen molar-refractivity contribution in [2.24, 2.45) is 0 Å². The number of amides is 1. The normalized spacial score (nSPS) is 16.8. The van der Waals surface area contributed by atoms with Crippen molar-refractivity contribution in [3.63, 3.8) is 0 Å². The maximum atomic E-state index is 12.9. The van der Waals surface area contributed by atoms with Crippen LogP contribution >= 0.6 is 0 Å². The molecule has 1 atom stereocenters. The number of ether oxygens (including phenoxy) is 2. The van der Waals surface area contributed by atoms with Crippen molar-refractivity contribution < 1.29 is 19.1 Å². The molecule has 1 aromatic carbocycles. The van der Waals surface area contributed by atoms with Crippen molar-refractivity contribution in [1.82, 2.24) is 15.1 Å². The summed E-state index contributed by atoms with van der Waals surface area (Å²) in [7, 11) is 1.30. The molecule has 26 heavy (non-hydrogen) atoms. The van der Waals surface area contributed by atoms with Crippen LogP contribution in [0.1, 0.15) is 39.3 Å². The number of likely N-dealkylation sites (tertiary alicyclic amines) is 1. The molecule has 0 spiro atoms. The van der Waals surface area contributed by atoms with Crippen molar-refractivity contribution in [1.29, 1.82) is 0 Å². The number of piperidine rings is 1. The van der Waals surface area contributed by atoms with Crippen LogP contribution in [0.4, 0.5) is 0 Å². The third-order valence-corrected chi connectivity index (χ3v) is 4.29. The minimum Gasteiger partial charge on any atom is -0.471 e. The molecular weight excluding hydrogens is 334 g/mol. The number of benzene rings is 1. The molecule has 1 unspecified atom stereocenters. The molecule has 1 saturated heterocycles. The van der Waals surface area contributed by atoms with E-state index in [0.29, 0.717) is 24.5 Å². The molecule has 7 nitrogen and oxygen atoms in total. The highest BCUT2D eigenvalue weighted by molar-refractivity contribution is 6.05. The third-order valence-electron chi connectivity index (χ3n) is 4.29. The second kappa shape index (κ2) is 7.95. The molecule has 136 valence electrons. The summed E-state index contributed by atoms with van der Waals surface area (Å²) in [4.78, 5) is 26.5. The van der Waals surface area contributed by atoms with E-state index in [1.54, 1.807) is 35.2 Å². The van der Waals surface area contributed by atoms with Crippen molar-refractivity contribution in [3.05, 3.63) is 53.2 Å². The Bertz CT molecular complexity index is 792. The van der Waals surface area contributed by atoms with Gasteiger partial charge in [-0.3, -0.25) is 4.79 Å². The fraction of sp³-hybridized carbons (Fsp3) is 0.368. The van der Waals surface area contributed by atoms with Crippen LogP contribution in [-0.2, 0) is 4.74 Å². The predicted molar refractivity (Wildman–Crippen MR) is 94.1 cm³/mol. The molecule has 0 saturated carbocycles. The fourth-order valence-corrected chi connectivity index (χ4v) is 2.97. The minimum absolute atomic E-state index is 0.157. The first-order valence-corrected chi connectivity index (χ1v) is 8.52. The first kappa shape index (κ1) is 17.8. The van der Waals surface area contributed by atoms with Crippen LogP contribution in [0.5, 0.6) is 5.88 Å². The average Bonchev–Trinajstić information content (AvgIpc) is 2.69. The van der Waals surface area contributed by atoms with E-state index in [-0.39, 0.29) is 17.6 Å². The van der Waals surface area contributed by atoms with Gasteiger partial charge in [0, 0.05) is 12.6 Å². The number of nitrogens with zero attached hydrogens (tertiary/aromatic N) is 3. The van der Waals surface area contributed by atoms with Crippen LogP contribution in [0, 0.1) is 6.92 Å². The van der Waals surface area contributed by atoms with Crippen molar-refractivity contribution >= 4 is 11.9 Å². The van der Waals surface area contributed by atoms with Crippen LogP contribution in [0.15, 0.2) is 36.4 Å². The number of rotatable bonds is 4. The second-order valence-electron chi connectivity index (χ2n) is 6.18. The van der Waals surface area contributed by atoms with Gasteiger partial charge >= 0.3 is 5.97 Å². The van der Waals surface area contributed by atoms with Gasteiger partial charge in [-0.1, -0.05) is 12.1 Å². The molecule has 0 N–H and O–H groups in total. The van der Waals surface area contributed by atoms with Crippen LogP contribution in [0.3, 0.4) is 0 Å². The monoisotopic (exact) mass is 355 g/mol. The maximum Gasteiger partial charge on any atom is 0.338 e. The molecule has 2 heterocycles. The van der Waals surface area contributed by atoms with Gasteiger partial charge in [0.05, 0.1) is 30.5 Å². The number of aryl methyl sites for hydroxylation is 1. The Morgan fingerprint density at radius 3 is 2.58 bits per heavy atom. The number of hydrogen-bond donors (Lipinski definition) is 0. The Hall–Kier alpha value is -2.96. The molecule has 0 radical (unpaired) electrons. The van der Waals surface area contributed by atoms with Gasteiger partial charge in [0.25, 0.3) is 5.91 Å². The molecule has 1 amide bonds. The number of esters is 1. The Morgan fingerprint density at radius 1 is 1.12 bits per heavy atom. The zero-order valence-corrected chi connectivity index (χ0v) is 14.8. The number of aromatic nitrogens is 2.